The fourth-order valence-electron chi connectivity index (χ4n) is 1.75. The van der Waals surface area contributed by atoms with Crippen molar-refractivity contribution in [3.63, 3.8) is 0 Å². The normalized spacial score (nSPS) is 19.6. The summed E-state index contributed by atoms with van der Waals surface area (Å²) in [5.41, 5.74) is 0.602. The fraction of sp³-hybridized carbons (Fsp3) is 0.600. The number of fused-ring (bicyclic) bond motifs is 1. The highest BCUT2D eigenvalue weighted by atomic mass is 35.5. The second kappa shape index (κ2) is 4.33. The summed E-state index contributed by atoms with van der Waals surface area (Å²) in [5.74, 6) is -0.324. The summed E-state index contributed by atoms with van der Waals surface area (Å²) < 4.78 is 1.73. The molecule has 1 aliphatic rings. The lowest BCUT2D eigenvalue weighted by atomic mass is 10.2. The minimum absolute atomic E-state index is 0.324. The van der Waals surface area contributed by atoms with Crippen molar-refractivity contribution in [1.29, 1.82) is 0 Å². The lowest BCUT2D eigenvalue weighted by Crippen LogP contribution is -2.45. The number of amides is 1. The van der Waals surface area contributed by atoms with Crippen molar-refractivity contribution in [2.75, 3.05) is 11.4 Å². The number of aryl methyl sites for hydroxylation is 1. The fourth-order valence-corrected chi connectivity index (χ4v) is 2.04. The zero-order valence-electron chi connectivity index (χ0n) is 9.35. The summed E-state index contributed by atoms with van der Waals surface area (Å²) in [6.07, 6.45) is 2.80. The molecule has 0 fully saturated rings. The van der Waals surface area contributed by atoms with Gasteiger partial charge in [0.25, 0.3) is 5.91 Å². The van der Waals surface area contributed by atoms with Gasteiger partial charge in [0.2, 0.25) is 5.62 Å². The van der Waals surface area contributed by atoms with Gasteiger partial charge in [0, 0.05) is 19.3 Å². The number of aromatic nitrogens is 2. The molecule has 1 aliphatic heterocycles. The summed E-state index contributed by atoms with van der Waals surface area (Å²) in [6, 6.07) is 0. The Morgan fingerprint density at radius 2 is 2.25 bits per heavy atom. The number of halogens is 1. The molecule has 0 bridgehead atoms. The number of anilines is 1. The van der Waals surface area contributed by atoms with E-state index in [1.165, 1.54) is 0 Å². The van der Waals surface area contributed by atoms with Crippen molar-refractivity contribution in [1.82, 2.24) is 15.1 Å². The molecule has 5 nitrogen and oxygen atoms in total. The van der Waals surface area contributed by atoms with Crippen molar-refractivity contribution in [3.05, 3.63) is 11.9 Å². The van der Waals surface area contributed by atoms with E-state index in [-0.39, 0.29) is 5.91 Å². The maximum absolute atomic E-state index is 11.6. The van der Waals surface area contributed by atoms with Crippen LogP contribution >= 0.6 is 11.6 Å². The van der Waals surface area contributed by atoms with Gasteiger partial charge in [-0.15, -0.1) is 0 Å². The number of nitrogens with zero attached hydrogens (tertiary/aromatic N) is 4. The molecule has 0 saturated heterocycles. The summed E-state index contributed by atoms with van der Waals surface area (Å²) in [7, 11) is 0. The molecule has 1 amide bonds. The molecule has 1 radical (unpaired) electrons. The van der Waals surface area contributed by atoms with Gasteiger partial charge in [-0.25, -0.2) is 5.32 Å². The molecule has 16 heavy (non-hydrogen) atoms. The van der Waals surface area contributed by atoms with Gasteiger partial charge < -0.3 is 4.90 Å². The Bertz CT molecular complexity index is 404. The van der Waals surface area contributed by atoms with Crippen molar-refractivity contribution in [3.8, 4) is 0 Å². The monoisotopic (exact) mass is 241 g/mol. The maximum Gasteiger partial charge on any atom is 0.298 e. The maximum atomic E-state index is 11.6. The Balaban J connectivity index is 2.40. The molecule has 0 aromatic carbocycles. The average molecular weight is 242 g/mol. The van der Waals surface area contributed by atoms with Crippen molar-refractivity contribution < 1.29 is 4.79 Å². The summed E-state index contributed by atoms with van der Waals surface area (Å²) in [6.45, 7) is 5.53. The van der Waals surface area contributed by atoms with Crippen molar-refractivity contribution in [2.45, 2.75) is 32.4 Å². The van der Waals surface area contributed by atoms with E-state index in [0.29, 0.717) is 5.69 Å². The quantitative estimate of drug-likeness (QED) is 0.594. The van der Waals surface area contributed by atoms with Crippen LogP contribution in [0.3, 0.4) is 0 Å². The van der Waals surface area contributed by atoms with E-state index in [1.54, 1.807) is 4.68 Å². The Hall–Kier alpha value is -1.23. The summed E-state index contributed by atoms with van der Waals surface area (Å²) in [4.78, 5) is 13.5. The van der Waals surface area contributed by atoms with Crippen LogP contribution < -0.4 is 10.2 Å². The van der Waals surface area contributed by atoms with Crippen LogP contribution in [-0.4, -0.2) is 27.9 Å². The van der Waals surface area contributed by atoms with Crippen LogP contribution in [0.4, 0.5) is 5.69 Å². The molecule has 0 aliphatic carbocycles. The summed E-state index contributed by atoms with van der Waals surface area (Å²) in [5, 5.41) is 8.04. The zero-order chi connectivity index (χ0) is 11.7. The minimum atomic E-state index is -0.602. The highest BCUT2D eigenvalue weighted by Gasteiger charge is 2.33. The highest BCUT2D eigenvalue weighted by Crippen LogP contribution is 2.27. The van der Waals surface area contributed by atoms with E-state index in [0.717, 1.165) is 25.2 Å². The molecule has 0 N–H and O–H groups in total. The lowest BCUT2D eigenvalue weighted by molar-refractivity contribution is 0.0930. The topological polar surface area (TPSA) is 52.2 Å². The minimum Gasteiger partial charge on any atom is -0.334 e. The molecule has 6 heteroatoms. The van der Waals surface area contributed by atoms with E-state index < -0.39 is 5.62 Å². The summed E-state index contributed by atoms with van der Waals surface area (Å²) >= 11 is 6.04. The van der Waals surface area contributed by atoms with E-state index in [9.17, 15) is 4.79 Å². The second-order valence-electron chi connectivity index (χ2n) is 3.66. The van der Waals surface area contributed by atoms with Gasteiger partial charge in [0.1, 0.15) is 0 Å². The Labute approximate surface area is 99.4 Å². The Morgan fingerprint density at radius 3 is 2.88 bits per heavy atom. The van der Waals surface area contributed by atoms with E-state index in [2.05, 4.69) is 17.3 Å². The third-order valence-corrected chi connectivity index (χ3v) is 2.86. The molecule has 1 aromatic rings. The largest absolute Gasteiger partial charge is 0.334 e. The predicted molar refractivity (Wildman–Crippen MR) is 61.6 cm³/mol. The van der Waals surface area contributed by atoms with Gasteiger partial charge in [-0.1, -0.05) is 18.5 Å². The molecule has 1 atom stereocenters. The first-order valence-corrected chi connectivity index (χ1v) is 5.84. The average Bonchev–Trinajstić information content (AvgIpc) is 2.68. The van der Waals surface area contributed by atoms with Crippen LogP contribution in [-0.2, 0) is 6.54 Å². The van der Waals surface area contributed by atoms with Crippen LogP contribution in [0.1, 0.15) is 30.8 Å². The van der Waals surface area contributed by atoms with Gasteiger partial charge in [0.15, 0.2) is 5.69 Å². The third kappa shape index (κ3) is 1.75. The van der Waals surface area contributed by atoms with Crippen LogP contribution in [0.25, 0.3) is 0 Å². The van der Waals surface area contributed by atoms with Gasteiger partial charge in [-0.2, -0.15) is 5.10 Å². The van der Waals surface area contributed by atoms with E-state index in [1.807, 2.05) is 18.0 Å². The molecule has 1 aromatic heterocycles. The highest BCUT2D eigenvalue weighted by molar-refractivity contribution is 6.24. The number of rotatable bonds is 3. The zero-order valence-corrected chi connectivity index (χ0v) is 10.1. The Kier molecular flexibility index (Phi) is 3.05. The lowest BCUT2D eigenvalue weighted by Gasteiger charge is -2.30. The van der Waals surface area contributed by atoms with E-state index in [4.69, 9.17) is 11.6 Å². The molecule has 1 unspecified atom stereocenters. The standard InChI is InChI=1S/C10H14ClN4O/c1-3-5-15-7-6-14(4-2)13-8(7)9(16)12-10(15)11/h6,10H,3-5H2,1-2H3. The first kappa shape index (κ1) is 11.3. The first-order chi connectivity index (χ1) is 7.67. The molecular formula is C10H14ClN4O. The van der Waals surface area contributed by atoms with Gasteiger partial charge in [0.05, 0.1) is 5.69 Å². The molecule has 0 saturated carbocycles. The SMILES string of the molecule is CCCN1c2cn(CC)nc2C(=O)[N]C1Cl. The predicted octanol–water partition coefficient (Wildman–Crippen LogP) is 1.40. The molecule has 87 valence electrons. The molecule has 0 spiro atoms. The number of hydrogen-bond acceptors (Lipinski definition) is 3. The van der Waals surface area contributed by atoms with Crippen LogP contribution in [0, 0.1) is 0 Å². The molecular weight excluding hydrogens is 228 g/mol. The van der Waals surface area contributed by atoms with Crippen molar-refractivity contribution >= 4 is 23.2 Å². The second-order valence-corrected chi connectivity index (χ2v) is 4.05. The van der Waals surface area contributed by atoms with Crippen LogP contribution in [0.5, 0.6) is 0 Å². The third-order valence-electron chi connectivity index (χ3n) is 2.52. The van der Waals surface area contributed by atoms with E-state index >= 15 is 0 Å². The van der Waals surface area contributed by atoms with Crippen LogP contribution in [0.15, 0.2) is 6.20 Å². The number of carbonyl (C=O) groups is 1. The Morgan fingerprint density at radius 1 is 1.50 bits per heavy atom. The van der Waals surface area contributed by atoms with Gasteiger partial charge in [-0.05, 0) is 13.3 Å². The van der Waals surface area contributed by atoms with Gasteiger partial charge in [-0.3, -0.25) is 9.48 Å². The smallest absolute Gasteiger partial charge is 0.298 e. The number of carbonyl (C=O) groups excluding carboxylic acids is 1. The number of hydrogen-bond donors (Lipinski definition) is 0. The first-order valence-electron chi connectivity index (χ1n) is 5.40. The van der Waals surface area contributed by atoms with Gasteiger partial charge >= 0.3 is 0 Å². The number of alkyl halides is 1. The molecule has 2 rings (SSSR count). The van der Waals surface area contributed by atoms with Crippen LogP contribution in [0.2, 0.25) is 0 Å². The van der Waals surface area contributed by atoms with Crippen molar-refractivity contribution in [2.24, 2.45) is 0 Å². The molecule has 2 heterocycles.